The predicted molar refractivity (Wildman–Crippen MR) is 61.5 cm³/mol. The van der Waals surface area contributed by atoms with Gasteiger partial charge in [0.25, 0.3) is 0 Å². The van der Waals surface area contributed by atoms with E-state index in [-0.39, 0.29) is 12.4 Å². The topological polar surface area (TPSA) is 39.0 Å². The normalized spacial score (nSPS) is 9.81. The fraction of sp³-hybridized carbons (Fsp3) is 0.250. The van der Waals surface area contributed by atoms with Crippen LogP contribution in [0.25, 0.3) is 10.9 Å². The van der Waals surface area contributed by atoms with Crippen LogP contribution in [0.3, 0.4) is 0 Å². The molecular weight excluding hydrogens is 224 g/mol. The molecule has 0 aliphatic heterocycles. The first-order valence-corrected chi connectivity index (χ1v) is 4.99. The molecule has 2 rings (SSSR count). The fourth-order valence-corrected chi connectivity index (χ4v) is 1.71. The van der Waals surface area contributed by atoms with Crippen molar-refractivity contribution in [3.63, 3.8) is 0 Å². The maximum Gasteiger partial charge on any atom is 0.144 e. The highest BCUT2D eigenvalue weighted by Crippen LogP contribution is 2.23. The molecule has 0 spiro atoms. The van der Waals surface area contributed by atoms with Crippen molar-refractivity contribution < 1.29 is 22.1 Å². The van der Waals surface area contributed by atoms with Gasteiger partial charge in [0.2, 0.25) is 0 Å². The lowest BCUT2D eigenvalue weighted by Gasteiger charge is -2.00. The van der Waals surface area contributed by atoms with Gasteiger partial charge in [0, 0.05) is 23.5 Å². The monoisotopic (exact) mass is 238 g/mol. The van der Waals surface area contributed by atoms with Gasteiger partial charge in [-0.1, -0.05) is 0 Å². The quantitative estimate of drug-likeness (QED) is 0.569. The van der Waals surface area contributed by atoms with Crippen molar-refractivity contribution in [1.82, 2.24) is 4.98 Å². The van der Waals surface area contributed by atoms with Gasteiger partial charge in [0.15, 0.2) is 0 Å². The van der Waals surface area contributed by atoms with Crippen LogP contribution in [0, 0.1) is 0 Å². The molecule has 0 amide bonds. The molecule has 0 atom stereocenters. The maximum atomic E-state index is 5.21. The summed E-state index contributed by atoms with van der Waals surface area (Å²) in [6, 6.07) is 6.06. The van der Waals surface area contributed by atoms with Gasteiger partial charge >= 0.3 is 0 Å². The molecule has 0 bridgehead atoms. The highest BCUT2D eigenvalue weighted by molar-refractivity contribution is 5.84. The van der Waals surface area contributed by atoms with Gasteiger partial charge in [0.1, 0.15) is 19.0 Å². The molecule has 1 aromatic carbocycles. The summed E-state index contributed by atoms with van der Waals surface area (Å²) in [5.74, 6) is 0.894. The van der Waals surface area contributed by atoms with Gasteiger partial charge in [-0.25, -0.2) is 0 Å². The Morgan fingerprint density at radius 1 is 1.44 bits per heavy atom. The number of nitrogens with one attached hydrogen (secondary N) is 2. The van der Waals surface area contributed by atoms with Crippen molar-refractivity contribution in [2.75, 3.05) is 13.7 Å². The molecule has 0 aliphatic rings. The third kappa shape index (κ3) is 2.36. The van der Waals surface area contributed by atoms with E-state index >= 15 is 0 Å². The van der Waals surface area contributed by atoms with Crippen molar-refractivity contribution in [3.8, 4) is 5.75 Å². The molecule has 0 fully saturated rings. The first-order valence-electron chi connectivity index (χ1n) is 4.99. The Balaban J connectivity index is 0.00000128. The summed E-state index contributed by atoms with van der Waals surface area (Å²) in [4.78, 5) is 6.15. The van der Waals surface area contributed by atoms with Crippen molar-refractivity contribution in [2.24, 2.45) is 0 Å². The van der Waals surface area contributed by atoms with E-state index in [4.69, 9.17) is 4.74 Å². The Bertz CT molecular complexity index is 479. The number of aromatic amines is 1. The molecule has 1 aromatic heterocycles. The molecule has 2 aromatic rings. The van der Waals surface area contributed by atoms with Crippen LogP contribution < -0.4 is 22.1 Å². The van der Waals surface area contributed by atoms with Crippen LogP contribution in [0.15, 0.2) is 24.4 Å². The van der Waals surface area contributed by atoms with Crippen LogP contribution in [0.5, 0.6) is 5.75 Å². The van der Waals surface area contributed by atoms with Crippen molar-refractivity contribution in [1.29, 1.82) is 0 Å². The number of fused-ring (bicyclic) bond motifs is 1. The average Bonchev–Trinajstić information content (AvgIpc) is 2.68. The van der Waals surface area contributed by atoms with E-state index in [1.165, 1.54) is 10.9 Å². The van der Waals surface area contributed by atoms with Gasteiger partial charge in [-0.05, 0) is 23.8 Å². The summed E-state index contributed by atoms with van der Waals surface area (Å²) < 4.78 is 5.21. The third-order valence-corrected chi connectivity index (χ3v) is 2.55. The van der Waals surface area contributed by atoms with Crippen LogP contribution in [0.2, 0.25) is 0 Å². The Kier molecular flexibility index (Phi) is 4.38. The van der Waals surface area contributed by atoms with Gasteiger partial charge < -0.3 is 22.1 Å². The second-order valence-corrected chi connectivity index (χ2v) is 3.48. The molecule has 4 heteroatoms. The van der Waals surface area contributed by atoms with Gasteiger partial charge in [-0.15, -0.1) is 0 Å². The first-order chi connectivity index (χ1) is 7.35. The summed E-state index contributed by atoms with van der Waals surface area (Å²) in [6.45, 7) is 4.49. The van der Waals surface area contributed by atoms with Crippen LogP contribution in [-0.2, 0) is 6.42 Å². The number of H-pyrrole nitrogens is 1. The number of halogens is 1. The van der Waals surface area contributed by atoms with Gasteiger partial charge in [-0.3, -0.25) is 4.99 Å². The molecule has 86 valence electrons. The number of hydrogen-bond donors (Lipinski definition) is 2. The molecule has 0 saturated heterocycles. The number of benzene rings is 1. The van der Waals surface area contributed by atoms with Crippen molar-refractivity contribution >= 4 is 17.6 Å². The summed E-state index contributed by atoms with van der Waals surface area (Å²) in [7, 11) is 1.69. The molecule has 2 N–H and O–H groups in total. The molecule has 0 radical (unpaired) electrons. The van der Waals surface area contributed by atoms with E-state index in [2.05, 4.69) is 22.8 Å². The minimum Gasteiger partial charge on any atom is -1.00 e. The average molecular weight is 239 g/mol. The van der Waals surface area contributed by atoms with E-state index < -0.39 is 0 Å². The lowest BCUT2D eigenvalue weighted by Crippen LogP contribution is -3.00. The summed E-state index contributed by atoms with van der Waals surface area (Å²) in [6.07, 6.45) is 3.01. The van der Waals surface area contributed by atoms with Gasteiger partial charge in [0.05, 0.1) is 7.11 Å². The number of methoxy groups -OCH3 is 1. The van der Waals surface area contributed by atoms with E-state index in [1.807, 2.05) is 18.3 Å². The number of rotatable bonds is 4. The third-order valence-electron chi connectivity index (χ3n) is 2.55. The summed E-state index contributed by atoms with van der Waals surface area (Å²) >= 11 is 0. The molecule has 0 aliphatic carbocycles. The molecule has 3 nitrogen and oxygen atoms in total. The summed E-state index contributed by atoms with van der Waals surface area (Å²) in [5, 5.41) is 1.23. The highest BCUT2D eigenvalue weighted by Gasteiger charge is 2.05. The lowest BCUT2D eigenvalue weighted by molar-refractivity contribution is -0.446. The lowest BCUT2D eigenvalue weighted by atomic mass is 10.1. The standard InChI is InChI=1S/C12H14N2O.ClH/c1-13-6-5-9-8-14-12-4-3-10(15-2)7-11(9)12;/h3-4,7-8,14H,1,5-6H2,2H3;1H. The van der Waals surface area contributed by atoms with Crippen LogP contribution >= 0.6 is 0 Å². The predicted octanol–water partition coefficient (Wildman–Crippen LogP) is -2.50. The second kappa shape index (κ2) is 5.56. The smallest absolute Gasteiger partial charge is 0.144 e. The van der Waals surface area contributed by atoms with E-state index in [0.29, 0.717) is 0 Å². The van der Waals surface area contributed by atoms with Gasteiger partial charge in [-0.2, -0.15) is 0 Å². The van der Waals surface area contributed by atoms with Crippen LogP contribution in [-0.4, -0.2) is 25.4 Å². The SMILES string of the molecule is C=[NH+]CCc1c[nH]c2ccc(OC)cc12.[Cl-]. The molecule has 0 unspecified atom stereocenters. The van der Waals surface area contributed by atoms with Crippen LogP contribution in [0.1, 0.15) is 5.56 Å². The highest BCUT2D eigenvalue weighted by atomic mass is 35.5. The zero-order chi connectivity index (χ0) is 10.7. The fourth-order valence-electron chi connectivity index (χ4n) is 1.71. The number of ether oxygens (including phenoxy) is 1. The second-order valence-electron chi connectivity index (χ2n) is 3.48. The minimum atomic E-state index is 0. The van der Waals surface area contributed by atoms with E-state index in [9.17, 15) is 0 Å². The number of aromatic nitrogens is 1. The van der Waals surface area contributed by atoms with E-state index in [1.54, 1.807) is 7.11 Å². The van der Waals surface area contributed by atoms with Crippen molar-refractivity contribution in [3.05, 3.63) is 30.0 Å². The minimum absolute atomic E-state index is 0. The molecule has 1 heterocycles. The molecule has 16 heavy (non-hydrogen) atoms. The zero-order valence-corrected chi connectivity index (χ0v) is 9.97. The number of hydrogen-bond acceptors (Lipinski definition) is 1. The zero-order valence-electron chi connectivity index (χ0n) is 9.22. The summed E-state index contributed by atoms with van der Waals surface area (Å²) in [5.41, 5.74) is 2.44. The Morgan fingerprint density at radius 2 is 2.25 bits per heavy atom. The van der Waals surface area contributed by atoms with Crippen molar-refractivity contribution in [2.45, 2.75) is 6.42 Å². The molecule has 0 saturated carbocycles. The first kappa shape index (κ1) is 12.6. The largest absolute Gasteiger partial charge is 1.00 e. The molecular formula is C12H15ClN2O. The van der Waals surface area contributed by atoms with E-state index in [0.717, 1.165) is 24.2 Å². The Labute approximate surface area is 101 Å². The maximum absolute atomic E-state index is 5.21. The van der Waals surface area contributed by atoms with Crippen LogP contribution in [0.4, 0.5) is 0 Å². The Morgan fingerprint density at radius 3 is 2.94 bits per heavy atom. The Hall–Kier alpha value is -1.48.